The van der Waals surface area contributed by atoms with Gasteiger partial charge in [0.2, 0.25) is 5.91 Å². The molecule has 1 aromatic carbocycles. The first kappa shape index (κ1) is 17.0. The van der Waals surface area contributed by atoms with Gasteiger partial charge >= 0.3 is 6.03 Å². The SMILES string of the molecule is CN(C)C(=O)Nc1cnn(CC(=O)Nc2cc(Cl)cc(Cl)c2)n1. The molecule has 0 spiro atoms. The second kappa shape index (κ2) is 7.30. The number of carbonyl (C=O) groups excluding carboxylic acids is 2. The summed E-state index contributed by atoms with van der Waals surface area (Å²) in [6.45, 7) is -0.123. The Morgan fingerprint density at radius 2 is 1.83 bits per heavy atom. The number of hydrogen-bond acceptors (Lipinski definition) is 4. The van der Waals surface area contributed by atoms with E-state index in [1.54, 1.807) is 32.3 Å². The molecule has 2 rings (SSSR count). The molecule has 122 valence electrons. The van der Waals surface area contributed by atoms with Crippen molar-refractivity contribution in [2.45, 2.75) is 6.54 Å². The quantitative estimate of drug-likeness (QED) is 0.878. The van der Waals surface area contributed by atoms with E-state index in [0.29, 0.717) is 15.7 Å². The number of aromatic nitrogens is 3. The van der Waals surface area contributed by atoms with Gasteiger partial charge in [-0.05, 0) is 18.2 Å². The topological polar surface area (TPSA) is 92.2 Å². The number of urea groups is 1. The lowest BCUT2D eigenvalue weighted by atomic mass is 10.3. The van der Waals surface area contributed by atoms with Crippen molar-refractivity contribution in [3.63, 3.8) is 0 Å². The number of nitrogens with zero attached hydrogens (tertiary/aromatic N) is 4. The predicted molar refractivity (Wildman–Crippen MR) is 87.8 cm³/mol. The first-order chi connectivity index (χ1) is 10.8. The standard InChI is InChI=1S/C13H14Cl2N6O2/c1-20(2)13(23)18-11-6-16-21(19-11)7-12(22)17-10-4-8(14)3-9(15)5-10/h3-6H,7H2,1-2H3,(H,17,22)(H,18,19,23). The number of rotatable bonds is 4. The van der Waals surface area contributed by atoms with Crippen LogP contribution in [-0.4, -0.2) is 45.9 Å². The molecule has 0 bridgehead atoms. The molecule has 2 aromatic rings. The highest BCUT2D eigenvalue weighted by Crippen LogP contribution is 2.22. The van der Waals surface area contributed by atoms with Crippen molar-refractivity contribution in [3.8, 4) is 0 Å². The predicted octanol–water partition coefficient (Wildman–Crippen LogP) is 2.32. The smallest absolute Gasteiger partial charge is 0.322 e. The van der Waals surface area contributed by atoms with Crippen LogP contribution < -0.4 is 10.6 Å². The second-order valence-electron chi connectivity index (χ2n) is 4.79. The van der Waals surface area contributed by atoms with E-state index in [1.165, 1.54) is 11.1 Å². The number of amides is 3. The van der Waals surface area contributed by atoms with Crippen LogP contribution in [-0.2, 0) is 11.3 Å². The normalized spacial score (nSPS) is 10.3. The third-order valence-corrected chi connectivity index (χ3v) is 3.05. The molecule has 0 aliphatic rings. The molecule has 0 aliphatic heterocycles. The average Bonchev–Trinajstić information content (AvgIpc) is 2.84. The number of anilines is 2. The number of hydrogen-bond donors (Lipinski definition) is 2. The van der Waals surface area contributed by atoms with Crippen molar-refractivity contribution >= 4 is 46.6 Å². The van der Waals surface area contributed by atoms with Crippen LogP contribution >= 0.6 is 23.2 Å². The molecule has 2 N–H and O–H groups in total. The highest BCUT2D eigenvalue weighted by molar-refractivity contribution is 6.35. The molecular weight excluding hydrogens is 343 g/mol. The largest absolute Gasteiger partial charge is 0.331 e. The number of halogens is 2. The number of nitrogens with one attached hydrogen (secondary N) is 2. The molecule has 10 heteroatoms. The molecule has 23 heavy (non-hydrogen) atoms. The van der Waals surface area contributed by atoms with Crippen molar-refractivity contribution in [1.29, 1.82) is 0 Å². The van der Waals surface area contributed by atoms with Gasteiger partial charge in [-0.2, -0.15) is 9.90 Å². The summed E-state index contributed by atoms with van der Waals surface area (Å²) in [6, 6.07) is 4.37. The molecule has 0 saturated carbocycles. The van der Waals surface area contributed by atoms with Crippen LogP contribution in [0.1, 0.15) is 0 Å². The van der Waals surface area contributed by atoms with Gasteiger partial charge < -0.3 is 10.2 Å². The van der Waals surface area contributed by atoms with Gasteiger partial charge in [-0.15, -0.1) is 5.10 Å². The van der Waals surface area contributed by atoms with E-state index in [4.69, 9.17) is 23.2 Å². The lowest BCUT2D eigenvalue weighted by molar-refractivity contribution is -0.117. The van der Waals surface area contributed by atoms with Crippen LogP contribution in [0.2, 0.25) is 10.0 Å². The third-order valence-electron chi connectivity index (χ3n) is 2.61. The molecule has 0 aliphatic carbocycles. The maximum absolute atomic E-state index is 12.0. The van der Waals surface area contributed by atoms with E-state index < -0.39 is 0 Å². The summed E-state index contributed by atoms with van der Waals surface area (Å²) in [7, 11) is 3.20. The minimum absolute atomic E-state index is 0.123. The third kappa shape index (κ3) is 5.11. The van der Waals surface area contributed by atoms with Crippen LogP contribution in [0.5, 0.6) is 0 Å². The summed E-state index contributed by atoms with van der Waals surface area (Å²) >= 11 is 11.7. The maximum Gasteiger partial charge on any atom is 0.322 e. The Kier molecular flexibility index (Phi) is 5.41. The zero-order valence-electron chi connectivity index (χ0n) is 12.4. The van der Waals surface area contributed by atoms with Gasteiger partial charge in [-0.1, -0.05) is 23.2 Å². The van der Waals surface area contributed by atoms with Gasteiger partial charge in [0.25, 0.3) is 0 Å². The van der Waals surface area contributed by atoms with Crippen molar-refractivity contribution in [2.24, 2.45) is 0 Å². The fraction of sp³-hybridized carbons (Fsp3) is 0.231. The second-order valence-corrected chi connectivity index (χ2v) is 5.66. The highest BCUT2D eigenvalue weighted by atomic mass is 35.5. The van der Waals surface area contributed by atoms with Gasteiger partial charge in [0.05, 0.1) is 6.20 Å². The lowest BCUT2D eigenvalue weighted by Gasteiger charge is -2.09. The zero-order valence-corrected chi connectivity index (χ0v) is 13.9. The van der Waals surface area contributed by atoms with E-state index in [2.05, 4.69) is 20.8 Å². The minimum atomic E-state index is -0.357. The van der Waals surface area contributed by atoms with E-state index in [-0.39, 0.29) is 24.3 Å². The molecule has 0 radical (unpaired) electrons. The van der Waals surface area contributed by atoms with Crippen LogP contribution in [0.25, 0.3) is 0 Å². The Labute approximate surface area is 142 Å². The first-order valence-electron chi connectivity index (χ1n) is 6.48. The lowest BCUT2D eigenvalue weighted by Crippen LogP contribution is -2.27. The van der Waals surface area contributed by atoms with E-state index in [0.717, 1.165) is 4.80 Å². The van der Waals surface area contributed by atoms with Gasteiger partial charge in [0, 0.05) is 29.8 Å². The molecule has 0 atom stereocenters. The fourth-order valence-electron chi connectivity index (χ4n) is 1.61. The Balaban J connectivity index is 1.95. The summed E-state index contributed by atoms with van der Waals surface area (Å²) in [4.78, 5) is 25.9. The van der Waals surface area contributed by atoms with Crippen LogP contribution in [0.4, 0.5) is 16.3 Å². The van der Waals surface area contributed by atoms with Crippen molar-refractivity contribution < 1.29 is 9.59 Å². The van der Waals surface area contributed by atoms with Crippen LogP contribution in [0, 0.1) is 0 Å². The van der Waals surface area contributed by atoms with Crippen LogP contribution in [0.15, 0.2) is 24.4 Å². The van der Waals surface area contributed by atoms with E-state index in [9.17, 15) is 9.59 Å². The molecule has 1 heterocycles. The minimum Gasteiger partial charge on any atom is -0.331 e. The van der Waals surface area contributed by atoms with Crippen molar-refractivity contribution in [1.82, 2.24) is 19.9 Å². The van der Waals surface area contributed by atoms with E-state index in [1.807, 2.05) is 0 Å². The maximum atomic E-state index is 12.0. The summed E-state index contributed by atoms with van der Waals surface area (Å²) in [5, 5.41) is 13.9. The molecular formula is C13H14Cl2N6O2. The zero-order chi connectivity index (χ0) is 17.0. The highest BCUT2D eigenvalue weighted by Gasteiger charge is 2.10. The Hall–Kier alpha value is -2.32. The van der Waals surface area contributed by atoms with Crippen molar-refractivity contribution in [3.05, 3.63) is 34.4 Å². The first-order valence-corrected chi connectivity index (χ1v) is 7.23. The molecule has 0 unspecified atom stereocenters. The molecule has 8 nitrogen and oxygen atoms in total. The monoisotopic (exact) mass is 356 g/mol. The summed E-state index contributed by atoms with van der Waals surface area (Å²) in [5.74, 6) is -0.105. The molecule has 0 saturated heterocycles. The summed E-state index contributed by atoms with van der Waals surface area (Å²) < 4.78 is 0. The van der Waals surface area contributed by atoms with Gasteiger partial charge in [-0.3, -0.25) is 10.1 Å². The number of benzene rings is 1. The van der Waals surface area contributed by atoms with Gasteiger partial charge in [-0.25, -0.2) is 4.79 Å². The Morgan fingerprint density at radius 3 is 2.43 bits per heavy atom. The number of carbonyl (C=O) groups is 2. The molecule has 3 amide bonds. The molecule has 0 fully saturated rings. The summed E-state index contributed by atoms with van der Waals surface area (Å²) in [5.41, 5.74) is 0.473. The summed E-state index contributed by atoms with van der Waals surface area (Å²) in [6.07, 6.45) is 1.35. The van der Waals surface area contributed by atoms with Crippen LogP contribution in [0.3, 0.4) is 0 Å². The Morgan fingerprint density at radius 1 is 1.17 bits per heavy atom. The Bertz CT molecular complexity index is 711. The van der Waals surface area contributed by atoms with Gasteiger partial charge in [0.15, 0.2) is 5.82 Å². The van der Waals surface area contributed by atoms with Crippen molar-refractivity contribution in [2.75, 3.05) is 24.7 Å². The average molecular weight is 357 g/mol. The van der Waals surface area contributed by atoms with Gasteiger partial charge in [0.1, 0.15) is 6.54 Å². The van der Waals surface area contributed by atoms with E-state index >= 15 is 0 Å². The molecule has 1 aromatic heterocycles. The fourth-order valence-corrected chi connectivity index (χ4v) is 2.13.